The molecule has 1 N–H and O–H groups in total. The van der Waals surface area contributed by atoms with E-state index in [-0.39, 0.29) is 41.4 Å². The largest absolute Gasteiger partial charge is 0.342 e. The van der Waals surface area contributed by atoms with Gasteiger partial charge in [-0.05, 0) is 84.5 Å². The Hall–Kier alpha value is -2.51. The standard InChI is InChI=1S/C28H27ClIN3O6S/c29-20-3-1-2-4-23(20)40(38,39)19-13-22(25(35)31-21-15-32(18-9-10-18)26(36)24(21)34)33(14-19)27(37)28(11-12-28)16-5-7-17(30)8-6-16/h1-8,18-19,21-22H,9-15H2,(H,31,35)/t19-,21+,22+/m1/s1. The van der Waals surface area contributed by atoms with E-state index in [1.54, 1.807) is 12.1 Å². The summed E-state index contributed by atoms with van der Waals surface area (Å²) in [6, 6.07) is 11.6. The van der Waals surface area contributed by atoms with Crippen LogP contribution in [0.1, 0.15) is 37.7 Å². The first kappa shape index (κ1) is 27.6. The zero-order chi connectivity index (χ0) is 28.4. The van der Waals surface area contributed by atoms with E-state index in [2.05, 4.69) is 27.9 Å². The van der Waals surface area contributed by atoms with Crippen molar-refractivity contribution in [3.63, 3.8) is 0 Å². The molecule has 6 rings (SSSR count). The van der Waals surface area contributed by atoms with Crippen molar-refractivity contribution in [2.75, 3.05) is 13.1 Å². The van der Waals surface area contributed by atoms with Gasteiger partial charge in [-0.3, -0.25) is 19.2 Å². The quantitative estimate of drug-likeness (QED) is 0.351. The first-order valence-electron chi connectivity index (χ1n) is 13.2. The highest BCUT2D eigenvalue weighted by Gasteiger charge is 2.57. The van der Waals surface area contributed by atoms with Crippen LogP contribution in [-0.4, -0.2) is 78.2 Å². The summed E-state index contributed by atoms with van der Waals surface area (Å²) in [4.78, 5) is 55.6. The molecule has 2 aromatic rings. The molecule has 40 heavy (non-hydrogen) atoms. The zero-order valence-corrected chi connectivity index (χ0v) is 25.1. The van der Waals surface area contributed by atoms with Gasteiger partial charge in [-0.2, -0.15) is 0 Å². The van der Waals surface area contributed by atoms with E-state index in [9.17, 15) is 27.6 Å². The van der Waals surface area contributed by atoms with Crippen LogP contribution in [0.15, 0.2) is 53.4 Å². The molecule has 3 amide bonds. The molecule has 4 fully saturated rings. The van der Waals surface area contributed by atoms with Gasteiger partial charge in [0, 0.05) is 22.7 Å². The van der Waals surface area contributed by atoms with Crippen LogP contribution in [-0.2, 0) is 34.4 Å². The van der Waals surface area contributed by atoms with Crippen LogP contribution in [0.2, 0.25) is 5.02 Å². The van der Waals surface area contributed by atoms with Crippen LogP contribution in [0.3, 0.4) is 0 Å². The Kier molecular flexibility index (Phi) is 6.97. The van der Waals surface area contributed by atoms with Gasteiger partial charge in [0.2, 0.25) is 17.6 Å². The fourth-order valence-electron chi connectivity index (χ4n) is 5.88. The van der Waals surface area contributed by atoms with E-state index in [4.69, 9.17) is 11.6 Å². The SMILES string of the molecule is O=C1C(=O)N(C2CC2)C[C@@H]1NC(=O)[C@@H]1C[C@@H](S(=O)(=O)c2ccccc2Cl)CN1C(=O)C1(c2ccc(I)cc2)CC1. The maximum absolute atomic E-state index is 14.1. The maximum Gasteiger partial charge on any atom is 0.292 e. The second-order valence-corrected chi connectivity index (χ2v) is 14.9. The average Bonchev–Trinajstić information content (AvgIpc) is 3.86. The summed E-state index contributed by atoms with van der Waals surface area (Å²) in [6.07, 6.45) is 2.69. The number of carbonyl (C=O) groups is 4. The number of rotatable bonds is 7. The Morgan fingerprint density at radius 3 is 2.30 bits per heavy atom. The molecular formula is C28H27ClIN3O6S. The van der Waals surface area contributed by atoms with Crippen molar-refractivity contribution in [1.82, 2.24) is 15.1 Å². The van der Waals surface area contributed by atoms with Crippen LogP contribution in [0.4, 0.5) is 0 Å². The number of hydrogen-bond acceptors (Lipinski definition) is 6. The van der Waals surface area contributed by atoms with Gasteiger partial charge in [-0.1, -0.05) is 35.9 Å². The number of carbonyl (C=O) groups excluding carboxylic acids is 4. The van der Waals surface area contributed by atoms with E-state index in [0.717, 1.165) is 22.0 Å². The fraction of sp³-hybridized carbons (Fsp3) is 0.429. The topological polar surface area (TPSA) is 121 Å². The lowest BCUT2D eigenvalue weighted by molar-refractivity contribution is -0.142. The summed E-state index contributed by atoms with van der Waals surface area (Å²) < 4.78 is 28.4. The van der Waals surface area contributed by atoms with Crippen LogP contribution >= 0.6 is 34.2 Å². The molecular weight excluding hydrogens is 669 g/mol. The molecule has 2 heterocycles. The lowest BCUT2D eigenvalue weighted by Crippen LogP contribution is -2.52. The van der Waals surface area contributed by atoms with Crippen molar-refractivity contribution in [1.29, 1.82) is 0 Å². The van der Waals surface area contributed by atoms with Gasteiger partial charge in [0.15, 0.2) is 9.84 Å². The molecule has 3 atom stereocenters. The molecule has 12 heteroatoms. The molecule has 4 aliphatic rings. The summed E-state index contributed by atoms with van der Waals surface area (Å²) in [5.74, 6) is -2.23. The third-order valence-electron chi connectivity index (χ3n) is 8.44. The minimum atomic E-state index is -3.99. The highest BCUT2D eigenvalue weighted by Crippen LogP contribution is 2.51. The fourth-order valence-corrected chi connectivity index (χ4v) is 8.46. The Morgan fingerprint density at radius 1 is 1.00 bits per heavy atom. The second-order valence-electron chi connectivity index (χ2n) is 11.0. The van der Waals surface area contributed by atoms with Gasteiger partial charge in [0.1, 0.15) is 12.1 Å². The zero-order valence-electron chi connectivity index (χ0n) is 21.4. The number of ketones is 1. The molecule has 2 saturated carbocycles. The minimum absolute atomic E-state index is 0.0247. The molecule has 0 aromatic heterocycles. The third-order valence-corrected chi connectivity index (χ3v) is 11.8. The average molecular weight is 696 g/mol. The molecule has 0 radical (unpaired) electrons. The molecule has 0 bridgehead atoms. The number of halogens is 2. The predicted molar refractivity (Wildman–Crippen MR) is 154 cm³/mol. The highest BCUT2D eigenvalue weighted by molar-refractivity contribution is 14.1. The summed E-state index contributed by atoms with van der Waals surface area (Å²) in [5.41, 5.74) is -0.000447. The van der Waals surface area contributed by atoms with Gasteiger partial charge in [-0.25, -0.2) is 8.42 Å². The third kappa shape index (κ3) is 4.73. The lowest BCUT2D eigenvalue weighted by Gasteiger charge is -2.29. The van der Waals surface area contributed by atoms with E-state index in [1.165, 1.54) is 21.9 Å². The van der Waals surface area contributed by atoms with Crippen molar-refractivity contribution in [2.24, 2.45) is 0 Å². The maximum atomic E-state index is 14.1. The van der Waals surface area contributed by atoms with E-state index >= 15 is 0 Å². The molecule has 2 aliphatic carbocycles. The molecule has 2 aliphatic heterocycles. The molecule has 2 aromatic carbocycles. The van der Waals surface area contributed by atoms with Crippen LogP contribution in [0.5, 0.6) is 0 Å². The van der Waals surface area contributed by atoms with Crippen molar-refractivity contribution in [3.8, 4) is 0 Å². The first-order chi connectivity index (χ1) is 19.0. The number of likely N-dealkylation sites (tertiary alicyclic amines) is 2. The summed E-state index contributed by atoms with van der Waals surface area (Å²) in [6.45, 7) is -0.0922. The van der Waals surface area contributed by atoms with Gasteiger partial charge in [0.25, 0.3) is 5.91 Å². The van der Waals surface area contributed by atoms with Crippen molar-refractivity contribution < 1.29 is 27.6 Å². The van der Waals surface area contributed by atoms with Gasteiger partial charge >= 0.3 is 0 Å². The van der Waals surface area contributed by atoms with Crippen molar-refractivity contribution >= 4 is 67.5 Å². The number of nitrogens with one attached hydrogen (secondary N) is 1. The summed E-state index contributed by atoms with van der Waals surface area (Å²) in [7, 11) is -3.99. The van der Waals surface area contributed by atoms with Crippen LogP contribution in [0.25, 0.3) is 0 Å². The Labute approximate surface area is 250 Å². The van der Waals surface area contributed by atoms with E-state index in [1.807, 2.05) is 24.3 Å². The van der Waals surface area contributed by atoms with Crippen molar-refractivity contribution in [2.45, 2.75) is 65.8 Å². The lowest BCUT2D eigenvalue weighted by atomic mass is 9.94. The highest BCUT2D eigenvalue weighted by atomic mass is 127. The van der Waals surface area contributed by atoms with Crippen LogP contribution < -0.4 is 5.32 Å². The predicted octanol–water partition coefficient (Wildman–Crippen LogP) is 2.48. The Morgan fingerprint density at radius 2 is 1.68 bits per heavy atom. The Bertz CT molecular complexity index is 1520. The molecule has 0 unspecified atom stereocenters. The molecule has 9 nitrogen and oxygen atoms in total. The van der Waals surface area contributed by atoms with Gasteiger partial charge in [-0.15, -0.1) is 0 Å². The number of amides is 3. The number of benzene rings is 2. The number of sulfone groups is 1. The molecule has 0 spiro atoms. The second kappa shape index (κ2) is 10.1. The van der Waals surface area contributed by atoms with E-state index < -0.39 is 50.2 Å². The first-order valence-corrected chi connectivity index (χ1v) is 16.2. The number of nitrogens with zero attached hydrogens (tertiary/aromatic N) is 2. The normalized spacial score (nSPS) is 25.8. The Balaban J connectivity index is 1.30. The summed E-state index contributed by atoms with van der Waals surface area (Å²) >= 11 is 8.42. The molecule has 210 valence electrons. The van der Waals surface area contributed by atoms with Crippen LogP contribution in [0, 0.1) is 3.57 Å². The minimum Gasteiger partial charge on any atom is -0.342 e. The van der Waals surface area contributed by atoms with E-state index in [0.29, 0.717) is 12.8 Å². The number of hydrogen-bond donors (Lipinski definition) is 1. The van der Waals surface area contributed by atoms with Crippen molar-refractivity contribution in [3.05, 3.63) is 62.7 Å². The number of Topliss-reactive ketones (excluding diaryl/α,β-unsaturated/α-hetero) is 1. The monoisotopic (exact) mass is 695 g/mol. The molecule has 2 saturated heterocycles. The van der Waals surface area contributed by atoms with Gasteiger partial charge in [0.05, 0.1) is 20.6 Å². The van der Waals surface area contributed by atoms with Gasteiger partial charge < -0.3 is 15.1 Å². The summed E-state index contributed by atoms with van der Waals surface area (Å²) in [5, 5.41) is 1.68. The smallest absolute Gasteiger partial charge is 0.292 e.